The standard InChI is InChI=1S/C22H26N4O2/c1-3-28-18-11-9-16(10-12-18)19-13-15(2)26-21(24-19)14-20(25-26)22(27)23-17-7-5-4-6-8-17/h9-14,17H,3-8H2,1-2H3,(H,23,27). The minimum absolute atomic E-state index is 0.112. The van der Waals surface area contributed by atoms with Crippen LogP contribution in [0.5, 0.6) is 5.75 Å². The number of nitrogens with zero attached hydrogens (tertiary/aromatic N) is 3. The smallest absolute Gasteiger partial charge is 0.272 e. The van der Waals surface area contributed by atoms with E-state index in [2.05, 4.69) is 10.4 Å². The molecule has 1 aliphatic carbocycles. The topological polar surface area (TPSA) is 68.5 Å². The predicted molar refractivity (Wildman–Crippen MR) is 109 cm³/mol. The molecule has 1 aliphatic rings. The lowest BCUT2D eigenvalue weighted by atomic mass is 9.95. The number of carbonyl (C=O) groups is 1. The summed E-state index contributed by atoms with van der Waals surface area (Å²) in [6.45, 7) is 4.58. The molecule has 0 aliphatic heterocycles. The minimum atomic E-state index is -0.112. The van der Waals surface area contributed by atoms with Crippen molar-refractivity contribution < 1.29 is 9.53 Å². The quantitative estimate of drug-likeness (QED) is 0.724. The fourth-order valence-corrected chi connectivity index (χ4v) is 3.78. The average molecular weight is 378 g/mol. The number of fused-ring (bicyclic) bond motifs is 1. The summed E-state index contributed by atoms with van der Waals surface area (Å²) in [5.74, 6) is 0.731. The Hall–Kier alpha value is -2.89. The number of ether oxygens (including phenoxy) is 1. The minimum Gasteiger partial charge on any atom is -0.494 e. The van der Waals surface area contributed by atoms with Crippen LogP contribution in [0.25, 0.3) is 16.9 Å². The maximum absolute atomic E-state index is 12.6. The van der Waals surface area contributed by atoms with Crippen molar-refractivity contribution in [1.29, 1.82) is 0 Å². The van der Waals surface area contributed by atoms with Gasteiger partial charge in [-0.25, -0.2) is 9.50 Å². The number of hydrogen-bond acceptors (Lipinski definition) is 4. The first-order valence-corrected chi connectivity index (χ1v) is 10.1. The summed E-state index contributed by atoms with van der Waals surface area (Å²) in [7, 11) is 0. The summed E-state index contributed by atoms with van der Waals surface area (Å²) in [4.78, 5) is 17.3. The van der Waals surface area contributed by atoms with E-state index in [4.69, 9.17) is 9.72 Å². The van der Waals surface area contributed by atoms with Gasteiger partial charge in [0.05, 0.1) is 12.3 Å². The summed E-state index contributed by atoms with van der Waals surface area (Å²) in [6.07, 6.45) is 5.74. The highest BCUT2D eigenvalue weighted by atomic mass is 16.5. The van der Waals surface area contributed by atoms with Gasteiger partial charge >= 0.3 is 0 Å². The van der Waals surface area contributed by atoms with Gasteiger partial charge in [-0.3, -0.25) is 4.79 Å². The van der Waals surface area contributed by atoms with Crippen LogP contribution in [0, 0.1) is 6.92 Å². The first-order valence-electron chi connectivity index (χ1n) is 10.1. The van der Waals surface area contributed by atoms with E-state index >= 15 is 0 Å². The summed E-state index contributed by atoms with van der Waals surface area (Å²) < 4.78 is 7.23. The van der Waals surface area contributed by atoms with Gasteiger partial charge < -0.3 is 10.1 Å². The Bertz CT molecular complexity index is 972. The molecule has 1 N–H and O–H groups in total. The third-order valence-electron chi connectivity index (χ3n) is 5.24. The van der Waals surface area contributed by atoms with Crippen LogP contribution >= 0.6 is 0 Å². The number of nitrogens with one attached hydrogen (secondary N) is 1. The van der Waals surface area contributed by atoms with Crippen LogP contribution in [0.2, 0.25) is 0 Å². The summed E-state index contributed by atoms with van der Waals surface area (Å²) in [6, 6.07) is 11.9. The van der Waals surface area contributed by atoms with Crippen molar-refractivity contribution in [2.24, 2.45) is 0 Å². The Morgan fingerprint density at radius 3 is 2.64 bits per heavy atom. The Labute approximate surface area is 164 Å². The lowest BCUT2D eigenvalue weighted by Crippen LogP contribution is -2.36. The highest BCUT2D eigenvalue weighted by molar-refractivity contribution is 5.93. The van der Waals surface area contributed by atoms with Crippen molar-refractivity contribution in [2.75, 3.05) is 6.61 Å². The predicted octanol–water partition coefficient (Wildman–Crippen LogP) is 4.17. The summed E-state index contributed by atoms with van der Waals surface area (Å²) in [5.41, 5.74) is 3.89. The van der Waals surface area contributed by atoms with E-state index in [1.807, 2.05) is 44.2 Å². The molecule has 146 valence electrons. The van der Waals surface area contributed by atoms with Gasteiger partial charge in [-0.05, 0) is 57.0 Å². The van der Waals surface area contributed by atoms with Crippen LogP contribution in [0.4, 0.5) is 0 Å². The molecule has 1 fully saturated rings. The molecule has 2 aromatic heterocycles. The fraction of sp³-hybridized carbons (Fsp3) is 0.409. The van der Waals surface area contributed by atoms with Crippen LogP contribution in [-0.2, 0) is 0 Å². The monoisotopic (exact) mass is 378 g/mol. The average Bonchev–Trinajstić information content (AvgIpc) is 3.15. The molecule has 0 atom stereocenters. The van der Waals surface area contributed by atoms with Gasteiger partial charge in [0, 0.05) is 23.4 Å². The van der Waals surface area contributed by atoms with E-state index in [0.717, 1.165) is 35.5 Å². The van der Waals surface area contributed by atoms with Gasteiger partial charge in [-0.15, -0.1) is 0 Å². The number of carbonyl (C=O) groups excluding carboxylic acids is 1. The van der Waals surface area contributed by atoms with Gasteiger partial charge in [-0.1, -0.05) is 19.3 Å². The molecule has 0 spiro atoms. The molecular formula is C22H26N4O2. The Morgan fingerprint density at radius 2 is 1.93 bits per heavy atom. The fourth-order valence-electron chi connectivity index (χ4n) is 3.78. The number of rotatable bonds is 5. The normalized spacial score (nSPS) is 14.9. The van der Waals surface area contributed by atoms with Gasteiger partial charge in [0.15, 0.2) is 11.3 Å². The van der Waals surface area contributed by atoms with Crippen molar-refractivity contribution in [3.63, 3.8) is 0 Å². The summed E-state index contributed by atoms with van der Waals surface area (Å²) >= 11 is 0. The zero-order chi connectivity index (χ0) is 19.5. The highest BCUT2D eigenvalue weighted by Crippen LogP contribution is 2.23. The number of aromatic nitrogens is 3. The van der Waals surface area contributed by atoms with Crippen LogP contribution in [0.15, 0.2) is 36.4 Å². The zero-order valence-corrected chi connectivity index (χ0v) is 16.4. The molecule has 3 aromatic rings. The third-order valence-corrected chi connectivity index (χ3v) is 5.24. The molecule has 0 radical (unpaired) electrons. The Morgan fingerprint density at radius 1 is 1.18 bits per heavy atom. The first-order chi connectivity index (χ1) is 13.6. The molecule has 6 nitrogen and oxygen atoms in total. The van der Waals surface area contributed by atoms with E-state index in [0.29, 0.717) is 17.9 Å². The Kier molecular flexibility index (Phi) is 5.28. The molecular weight excluding hydrogens is 352 g/mol. The maximum atomic E-state index is 12.6. The largest absolute Gasteiger partial charge is 0.494 e. The van der Waals surface area contributed by atoms with E-state index in [1.165, 1.54) is 19.3 Å². The highest BCUT2D eigenvalue weighted by Gasteiger charge is 2.19. The van der Waals surface area contributed by atoms with E-state index in [1.54, 1.807) is 10.6 Å². The molecule has 1 aromatic carbocycles. The second-order valence-corrected chi connectivity index (χ2v) is 7.35. The molecule has 0 saturated heterocycles. The number of aryl methyl sites for hydroxylation is 1. The molecule has 6 heteroatoms. The van der Waals surface area contributed by atoms with Gasteiger partial charge in [0.2, 0.25) is 0 Å². The van der Waals surface area contributed by atoms with Gasteiger partial charge in [0.25, 0.3) is 5.91 Å². The first kappa shape index (κ1) is 18.5. The van der Waals surface area contributed by atoms with Crippen molar-refractivity contribution in [2.45, 2.75) is 52.0 Å². The number of amides is 1. The third kappa shape index (κ3) is 3.86. The molecule has 28 heavy (non-hydrogen) atoms. The SMILES string of the molecule is CCOc1ccc(-c2cc(C)n3nc(C(=O)NC4CCCCC4)cc3n2)cc1. The maximum Gasteiger partial charge on any atom is 0.272 e. The van der Waals surface area contributed by atoms with Crippen molar-refractivity contribution >= 4 is 11.6 Å². The van der Waals surface area contributed by atoms with Crippen LogP contribution in [-0.4, -0.2) is 33.2 Å². The molecule has 1 amide bonds. The summed E-state index contributed by atoms with van der Waals surface area (Å²) in [5, 5.41) is 7.60. The van der Waals surface area contributed by atoms with Gasteiger partial charge in [0.1, 0.15) is 5.75 Å². The zero-order valence-electron chi connectivity index (χ0n) is 16.4. The molecule has 1 saturated carbocycles. The molecule has 2 heterocycles. The lowest BCUT2D eigenvalue weighted by Gasteiger charge is -2.22. The van der Waals surface area contributed by atoms with E-state index in [9.17, 15) is 4.79 Å². The van der Waals surface area contributed by atoms with Crippen molar-refractivity contribution in [1.82, 2.24) is 19.9 Å². The van der Waals surface area contributed by atoms with Crippen LogP contribution in [0.1, 0.15) is 55.2 Å². The van der Waals surface area contributed by atoms with E-state index in [-0.39, 0.29) is 11.9 Å². The second-order valence-electron chi connectivity index (χ2n) is 7.35. The lowest BCUT2D eigenvalue weighted by molar-refractivity contribution is 0.0922. The van der Waals surface area contributed by atoms with Crippen LogP contribution < -0.4 is 10.1 Å². The molecule has 0 bridgehead atoms. The van der Waals surface area contributed by atoms with Gasteiger partial charge in [-0.2, -0.15) is 5.10 Å². The van der Waals surface area contributed by atoms with E-state index < -0.39 is 0 Å². The Balaban J connectivity index is 1.59. The second kappa shape index (κ2) is 8.00. The van der Waals surface area contributed by atoms with Crippen molar-refractivity contribution in [3.8, 4) is 17.0 Å². The molecule has 4 rings (SSSR count). The van der Waals surface area contributed by atoms with Crippen LogP contribution in [0.3, 0.4) is 0 Å². The number of benzene rings is 1. The molecule has 0 unspecified atom stereocenters. The van der Waals surface area contributed by atoms with Crippen molar-refractivity contribution in [3.05, 3.63) is 47.8 Å². The number of hydrogen-bond donors (Lipinski definition) is 1.